The monoisotopic (exact) mass is 320 g/mol. The number of imidazole rings is 1. The summed E-state index contributed by atoms with van der Waals surface area (Å²) in [5, 5.41) is 0. The van der Waals surface area contributed by atoms with E-state index in [1.807, 2.05) is 0 Å². The molecule has 0 spiro atoms. The van der Waals surface area contributed by atoms with Gasteiger partial charge in [0.05, 0.1) is 5.69 Å². The van der Waals surface area contributed by atoms with E-state index in [1.54, 1.807) is 0 Å². The molecule has 0 aromatic carbocycles. The lowest BCUT2D eigenvalue weighted by atomic mass is 9.74. The number of H-pyrrole nitrogens is 1. The molecule has 1 aromatic rings. The van der Waals surface area contributed by atoms with Crippen LogP contribution in [0.2, 0.25) is 0 Å². The van der Waals surface area contributed by atoms with Crippen LogP contribution in [0.4, 0.5) is 0 Å². The molecule has 0 aliphatic carbocycles. The Kier molecular flexibility index (Phi) is 6.52. The van der Waals surface area contributed by atoms with Gasteiger partial charge < -0.3 is 4.98 Å². The minimum atomic E-state index is 0.150. The minimum absolute atomic E-state index is 0.150. The summed E-state index contributed by atoms with van der Waals surface area (Å²) in [7, 11) is 0. The second-order valence-electron chi connectivity index (χ2n) is 8.48. The van der Waals surface area contributed by atoms with Crippen molar-refractivity contribution in [1.82, 2.24) is 9.97 Å². The molecule has 2 heteroatoms. The van der Waals surface area contributed by atoms with E-state index in [9.17, 15) is 0 Å². The van der Waals surface area contributed by atoms with Crippen molar-refractivity contribution in [3.8, 4) is 0 Å². The molecule has 1 N–H and O–H groups in total. The van der Waals surface area contributed by atoms with Crippen molar-refractivity contribution in [2.75, 3.05) is 0 Å². The largest absolute Gasteiger partial charge is 0.345 e. The first-order valence-corrected chi connectivity index (χ1v) is 9.75. The van der Waals surface area contributed by atoms with E-state index in [2.05, 4.69) is 67.3 Å². The van der Waals surface area contributed by atoms with Gasteiger partial charge in [0.2, 0.25) is 0 Å². The van der Waals surface area contributed by atoms with Gasteiger partial charge in [-0.1, -0.05) is 68.7 Å². The van der Waals surface area contributed by atoms with Crippen molar-refractivity contribution < 1.29 is 0 Å². The molecule has 0 unspecified atom stereocenters. The predicted molar refractivity (Wildman–Crippen MR) is 102 cm³/mol. The third-order valence-corrected chi connectivity index (χ3v) is 6.52. The average molecular weight is 321 g/mol. The average Bonchev–Trinajstić information content (AvgIpc) is 3.00. The standard InChI is InChI=1S/C21H40N2/c1-10-15-19(6,7)16-17(20(8,11-2)12-3)23-18(22-16)21(9,13-4)14-5/h10-15H2,1-9H3,(H,22,23). The lowest BCUT2D eigenvalue weighted by Crippen LogP contribution is -2.27. The first-order valence-electron chi connectivity index (χ1n) is 9.75. The van der Waals surface area contributed by atoms with Crippen LogP contribution in [0.3, 0.4) is 0 Å². The van der Waals surface area contributed by atoms with Crippen molar-refractivity contribution in [2.45, 2.75) is 117 Å². The summed E-state index contributed by atoms with van der Waals surface area (Å²) >= 11 is 0. The van der Waals surface area contributed by atoms with Crippen molar-refractivity contribution in [2.24, 2.45) is 0 Å². The van der Waals surface area contributed by atoms with Gasteiger partial charge in [0.1, 0.15) is 5.82 Å². The van der Waals surface area contributed by atoms with Gasteiger partial charge in [-0.05, 0) is 32.1 Å². The van der Waals surface area contributed by atoms with Gasteiger partial charge in [-0.2, -0.15) is 0 Å². The third kappa shape index (κ3) is 3.83. The molecule has 0 bridgehead atoms. The molecule has 134 valence electrons. The Morgan fingerprint density at radius 1 is 0.783 bits per heavy atom. The predicted octanol–water partition coefficient (Wildman–Crippen LogP) is 6.64. The Hall–Kier alpha value is -0.790. The van der Waals surface area contributed by atoms with E-state index in [0.29, 0.717) is 0 Å². The third-order valence-electron chi connectivity index (χ3n) is 6.52. The molecule has 0 atom stereocenters. The Bertz CT molecular complexity index is 488. The normalized spacial score (nSPS) is 13.6. The topological polar surface area (TPSA) is 28.7 Å². The number of aromatic nitrogens is 2. The Balaban J connectivity index is 3.57. The summed E-state index contributed by atoms with van der Waals surface area (Å²) in [5.74, 6) is 1.20. The smallest absolute Gasteiger partial charge is 0.112 e. The quantitative estimate of drug-likeness (QED) is 0.542. The fourth-order valence-electron chi connectivity index (χ4n) is 3.51. The first-order chi connectivity index (χ1) is 10.6. The molecule has 0 aliphatic rings. The zero-order chi connectivity index (χ0) is 17.9. The molecule has 0 saturated carbocycles. The maximum absolute atomic E-state index is 5.23. The van der Waals surface area contributed by atoms with E-state index in [1.165, 1.54) is 30.1 Å². The zero-order valence-corrected chi connectivity index (χ0v) is 17.2. The first kappa shape index (κ1) is 20.3. The summed E-state index contributed by atoms with van der Waals surface area (Å²) in [4.78, 5) is 9.04. The van der Waals surface area contributed by atoms with Gasteiger partial charge in [0.25, 0.3) is 0 Å². The minimum Gasteiger partial charge on any atom is -0.345 e. The van der Waals surface area contributed by atoms with Crippen LogP contribution in [0.1, 0.15) is 118 Å². The molecule has 0 aliphatic heterocycles. The Labute approximate surface area is 144 Å². The molecular weight excluding hydrogens is 280 g/mol. The van der Waals surface area contributed by atoms with Gasteiger partial charge in [0.15, 0.2) is 0 Å². The summed E-state index contributed by atoms with van der Waals surface area (Å²) in [6.45, 7) is 20.9. The van der Waals surface area contributed by atoms with Gasteiger partial charge in [-0.3, -0.25) is 0 Å². The van der Waals surface area contributed by atoms with Gasteiger partial charge in [-0.25, -0.2) is 4.98 Å². The maximum atomic E-state index is 5.23. The molecule has 0 saturated heterocycles. The highest BCUT2D eigenvalue weighted by Gasteiger charge is 2.37. The number of rotatable bonds is 9. The molecule has 0 amide bonds. The molecule has 1 aromatic heterocycles. The fraction of sp³-hybridized carbons (Fsp3) is 0.857. The van der Waals surface area contributed by atoms with Crippen LogP contribution < -0.4 is 0 Å². The SMILES string of the molecule is CCCC(C)(C)c1[nH]c(C(C)(CC)CC)nc1C(C)(CC)CC. The van der Waals surface area contributed by atoms with Crippen LogP contribution in [-0.2, 0) is 16.2 Å². The van der Waals surface area contributed by atoms with Crippen LogP contribution in [0.5, 0.6) is 0 Å². The number of hydrogen-bond acceptors (Lipinski definition) is 1. The molecule has 0 radical (unpaired) electrons. The van der Waals surface area contributed by atoms with E-state index in [-0.39, 0.29) is 16.2 Å². The Morgan fingerprint density at radius 2 is 1.26 bits per heavy atom. The highest BCUT2D eigenvalue weighted by atomic mass is 15.0. The molecule has 0 fully saturated rings. The fourth-order valence-corrected chi connectivity index (χ4v) is 3.51. The van der Waals surface area contributed by atoms with Crippen LogP contribution in [0, 0.1) is 0 Å². The van der Waals surface area contributed by atoms with Crippen LogP contribution in [0.15, 0.2) is 0 Å². The van der Waals surface area contributed by atoms with E-state index >= 15 is 0 Å². The second kappa shape index (κ2) is 7.40. The molecule has 2 nitrogen and oxygen atoms in total. The van der Waals surface area contributed by atoms with E-state index in [0.717, 1.165) is 25.7 Å². The van der Waals surface area contributed by atoms with Crippen LogP contribution in [0.25, 0.3) is 0 Å². The lowest BCUT2D eigenvalue weighted by molar-refractivity contribution is 0.394. The summed E-state index contributed by atoms with van der Waals surface area (Å²) in [6, 6.07) is 0. The van der Waals surface area contributed by atoms with E-state index in [4.69, 9.17) is 4.98 Å². The number of hydrogen-bond donors (Lipinski definition) is 1. The zero-order valence-electron chi connectivity index (χ0n) is 17.2. The van der Waals surface area contributed by atoms with Gasteiger partial charge in [-0.15, -0.1) is 0 Å². The van der Waals surface area contributed by atoms with Crippen molar-refractivity contribution in [3.63, 3.8) is 0 Å². The molecule has 1 rings (SSSR count). The summed E-state index contributed by atoms with van der Waals surface area (Å²) in [5.41, 5.74) is 3.18. The summed E-state index contributed by atoms with van der Waals surface area (Å²) in [6.07, 6.45) is 6.92. The van der Waals surface area contributed by atoms with Crippen LogP contribution >= 0.6 is 0 Å². The molecule has 23 heavy (non-hydrogen) atoms. The van der Waals surface area contributed by atoms with Crippen molar-refractivity contribution in [1.29, 1.82) is 0 Å². The van der Waals surface area contributed by atoms with Crippen LogP contribution in [-0.4, -0.2) is 9.97 Å². The molecule has 1 heterocycles. The highest BCUT2D eigenvalue weighted by molar-refractivity contribution is 5.31. The van der Waals surface area contributed by atoms with E-state index < -0.39 is 0 Å². The Morgan fingerprint density at radius 3 is 1.65 bits per heavy atom. The second-order valence-corrected chi connectivity index (χ2v) is 8.48. The van der Waals surface area contributed by atoms with Crippen molar-refractivity contribution >= 4 is 0 Å². The lowest BCUT2D eigenvalue weighted by Gasteiger charge is -2.31. The number of nitrogens with one attached hydrogen (secondary N) is 1. The number of nitrogens with zero attached hydrogens (tertiary/aromatic N) is 1. The highest BCUT2D eigenvalue weighted by Crippen LogP contribution is 2.41. The van der Waals surface area contributed by atoms with Gasteiger partial charge in [0, 0.05) is 21.9 Å². The maximum Gasteiger partial charge on any atom is 0.112 e. The number of aromatic amines is 1. The summed E-state index contributed by atoms with van der Waals surface area (Å²) < 4.78 is 0. The van der Waals surface area contributed by atoms with Crippen molar-refractivity contribution in [3.05, 3.63) is 17.2 Å². The van der Waals surface area contributed by atoms with Gasteiger partial charge >= 0.3 is 0 Å². The molecular formula is C21H40N2.